The van der Waals surface area contributed by atoms with E-state index >= 15 is 0 Å². The molecule has 4 nitrogen and oxygen atoms in total. The lowest BCUT2D eigenvalue weighted by Crippen LogP contribution is -2.33. The van der Waals surface area contributed by atoms with Crippen LogP contribution in [0.1, 0.15) is 23.8 Å². The van der Waals surface area contributed by atoms with Gasteiger partial charge in [-0.1, -0.05) is 6.92 Å². The Morgan fingerprint density at radius 2 is 2.53 bits per heavy atom. The van der Waals surface area contributed by atoms with Crippen molar-refractivity contribution < 1.29 is 9.18 Å². The van der Waals surface area contributed by atoms with E-state index in [1.807, 2.05) is 13.0 Å². The number of rotatable bonds is 3. The number of alkyl halides is 1. The molecule has 0 radical (unpaired) electrons. The van der Waals surface area contributed by atoms with Gasteiger partial charge in [0.1, 0.15) is 11.8 Å². The van der Waals surface area contributed by atoms with E-state index < -0.39 is 5.67 Å². The number of pyridine rings is 1. The lowest BCUT2D eigenvalue weighted by Gasteiger charge is -2.17. The highest BCUT2D eigenvalue weighted by Gasteiger charge is 2.41. The van der Waals surface area contributed by atoms with Gasteiger partial charge in [-0.2, -0.15) is 5.26 Å². The van der Waals surface area contributed by atoms with Crippen LogP contribution in [0.5, 0.6) is 0 Å². The lowest BCUT2D eigenvalue weighted by atomic mass is 10.1. The number of hydrogen-bond acceptors (Lipinski definition) is 4. The van der Waals surface area contributed by atoms with Crippen molar-refractivity contribution in [1.29, 1.82) is 5.26 Å². The minimum Gasteiger partial charge on any atom is -0.333 e. The Morgan fingerprint density at radius 1 is 1.74 bits per heavy atom. The Labute approximate surface area is 115 Å². The van der Waals surface area contributed by atoms with Gasteiger partial charge in [0.15, 0.2) is 0 Å². The zero-order chi connectivity index (χ0) is 13.9. The van der Waals surface area contributed by atoms with Crippen molar-refractivity contribution in [3.63, 3.8) is 0 Å². The van der Waals surface area contributed by atoms with Crippen molar-refractivity contribution in [2.45, 2.75) is 23.9 Å². The topological polar surface area (TPSA) is 57.0 Å². The van der Waals surface area contributed by atoms with Gasteiger partial charge < -0.3 is 4.90 Å². The molecule has 19 heavy (non-hydrogen) atoms. The summed E-state index contributed by atoms with van der Waals surface area (Å²) in [6, 6.07) is 5.23. The van der Waals surface area contributed by atoms with Gasteiger partial charge in [-0.15, -0.1) is 11.8 Å². The van der Waals surface area contributed by atoms with Crippen LogP contribution in [0.15, 0.2) is 23.2 Å². The second-order valence-corrected chi connectivity index (χ2v) is 5.64. The molecule has 0 aromatic carbocycles. The van der Waals surface area contributed by atoms with E-state index in [1.165, 1.54) is 16.7 Å². The molecule has 1 amide bonds. The Bertz CT molecular complexity index is 531. The number of nitriles is 1. The highest BCUT2D eigenvalue weighted by molar-refractivity contribution is 7.99. The summed E-state index contributed by atoms with van der Waals surface area (Å²) in [5.74, 6) is 0.531. The number of nitrogens with zero attached hydrogens (tertiary/aromatic N) is 3. The molecule has 1 unspecified atom stereocenters. The fraction of sp³-hybridized carbons (Fsp3) is 0.462. The summed E-state index contributed by atoms with van der Waals surface area (Å²) < 4.78 is 13.8. The number of carbonyl (C=O) groups excluding carboxylic acids is 1. The van der Waals surface area contributed by atoms with E-state index in [2.05, 4.69) is 4.98 Å². The summed E-state index contributed by atoms with van der Waals surface area (Å²) in [5, 5.41) is 8.75. The van der Waals surface area contributed by atoms with Crippen LogP contribution in [0.4, 0.5) is 4.39 Å². The molecule has 100 valence electrons. The maximum atomic E-state index is 13.8. The van der Waals surface area contributed by atoms with Crippen molar-refractivity contribution >= 4 is 17.7 Å². The molecule has 1 aromatic heterocycles. The maximum absolute atomic E-state index is 13.8. The van der Waals surface area contributed by atoms with Gasteiger partial charge in [-0.25, -0.2) is 9.37 Å². The molecule has 2 heterocycles. The van der Waals surface area contributed by atoms with Gasteiger partial charge in [0, 0.05) is 24.1 Å². The number of aromatic nitrogens is 1. The molecule has 2 rings (SSSR count). The van der Waals surface area contributed by atoms with Crippen LogP contribution < -0.4 is 0 Å². The quantitative estimate of drug-likeness (QED) is 0.796. The smallest absolute Gasteiger partial charge is 0.273 e. The first-order valence-corrected chi connectivity index (χ1v) is 7.05. The number of thioether (sulfide) groups is 1. The Morgan fingerprint density at radius 3 is 3.16 bits per heavy atom. The third kappa shape index (κ3) is 2.87. The van der Waals surface area contributed by atoms with Crippen molar-refractivity contribution in [1.82, 2.24) is 9.88 Å². The average Bonchev–Trinajstić information content (AvgIpc) is 2.83. The van der Waals surface area contributed by atoms with Crippen LogP contribution >= 0.6 is 11.8 Å². The van der Waals surface area contributed by atoms with Gasteiger partial charge in [0.2, 0.25) is 5.67 Å². The molecule has 0 spiro atoms. The summed E-state index contributed by atoms with van der Waals surface area (Å²) in [4.78, 5) is 18.6. The van der Waals surface area contributed by atoms with Crippen molar-refractivity contribution in [2.24, 2.45) is 0 Å². The predicted octanol–water partition coefficient (Wildman–Crippen LogP) is 2.27. The summed E-state index contributed by atoms with van der Waals surface area (Å²) in [6.45, 7) is 2.08. The SMILES string of the molecule is CCSc1cccnc1C(=O)N1CCC(F)(C#N)C1. The van der Waals surface area contributed by atoms with Crippen LogP contribution in [-0.4, -0.2) is 40.3 Å². The van der Waals surface area contributed by atoms with Crippen LogP contribution in [0.3, 0.4) is 0 Å². The minimum atomic E-state index is -1.91. The highest BCUT2D eigenvalue weighted by Crippen LogP contribution is 2.28. The molecule has 1 aliphatic heterocycles. The molecule has 1 aromatic rings. The second-order valence-electron chi connectivity index (χ2n) is 4.34. The van der Waals surface area contributed by atoms with E-state index in [4.69, 9.17) is 5.26 Å². The van der Waals surface area contributed by atoms with Crippen molar-refractivity contribution in [2.75, 3.05) is 18.8 Å². The third-order valence-electron chi connectivity index (χ3n) is 2.98. The molecule has 0 aliphatic carbocycles. The van der Waals surface area contributed by atoms with Crippen LogP contribution in [-0.2, 0) is 0 Å². The largest absolute Gasteiger partial charge is 0.333 e. The highest BCUT2D eigenvalue weighted by atomic mass is 32.2. The van der Waals surface area contributed by atoms with E-state index in [0.29, 0.717) is 5.69 Å². The summed E-state index contributed by atoms with van der Waals surface area (Å²) in [5.41, 5.74) is -1.57. The zero-order valence-corrected chi connectivity index (χ0v) is 11.4. The molecule has 1 saturated heterocycles. The standard InChI is InChI=1S/C13H14FN3OS/c1-2-19-10-4-3-6-16-11(10)12(18)17-7-5-13(14,8-15)9-17/h3-4,6H,2,5,7,9H2,1H3. The Kier molecular flexibility index (Phi) is 4.05. The van der Waals surface area contributed by atoms with Crippen LogP contribution in [0.25, 0.3) is 0 Å². The van der Waals surface area contributed by atoms with Crippen molar-refractivity contribution in [3.8, 4) is 6.07 Å². The number of halogens is 1. The van der Waals surface area contributed by atoms with E-state index in [9.17, 15) is 9.18 Å². The third-order valence-corrected chi connectivity index (χ3v) is 3.91. The van der Waals surface area contributed by atoms with Gasteiger partial charge in [-0.3, -0.25) is 4.79 Å². The lowest BCUT2D eigenvalue weighted by molar-refractivity contribution is 0.0762. The number of hydrogen-bond donors (Lipinski definition) is 0. The zero-order valence-electron chi connectivity index (χ0n) is 10.6. The summed E-state index contributed by atoms with van der Waals surface area (Å²) in [7, 11) is 0. The molecule has 0 saturated carbocycles. The fourth-order valence-electron chi connectivity index (χ4n) is 2.01. The van der Waals surface area contributed by atoms with E-state index in [1.54, 1.807) is 18.3 Å². The summed E-state index contributed by atoms with van der Waals surface area (Å²) in [6.07, 6.45) is 1.62. The normalized spacial score (nSPS) is 22.3. The van der Waals surface area contributed by atoms with Gasteiger partial charge in [0.05, 0.1) is 6.54 Å². The van der Waals surface area contributed by atoms with Gasteiger partial charge in [0.25, 0.3) is 5.91 Å². The first kappa shape index (κ1) is 13.8. The van der Waals surface area contributed by atoms with Gasteiger partial charge >= 0.3 is 0 Å². The monoisotopic (exact) mass is 279 g/mol. The number of amides is 1. The first-order valence-electron chi connectivity index (χ1n) is 6.07. The maximum Gasteiger partial charge on any atom is 0.273 e. The van der Waals surface area contributed by atoms with Gasteiger partial charge in [-0.05, 0) is 17.9 Å². The van der Waals surface area contributed by atoms with Crippen LogP contribution in [0, 0.1) is 11.3 Å². The number of likely N-dealkylation sites (tertiary alicyclic amines) is 1. The predicted molar refractivity (Wildman–Crippen MR) is 70.6 cm³/mol. The molecule has 1 atom stereocenters. The minimum absolute atomic E-state index is 0.0678. The molecule has 6 heteroatoms. The second kappa shape index (κ2) is 5.57. The van der Waals surface area contributed by atoms with Crippen molar-refractivity contribution in [3.05, 3.63) is 24.0 Å². The fourth-order valence-corrected chi connectivity index (χ4v) is 2.77. The molecular weight excluding hydrogens is 265 g/mol. The first-order chi connectivity index (χ1) is 9.09. The van der Waals surface area contributed by atoms with Crippen LogP contribution in [0.2, 0.25) is 0 Å². The Balaban J connectivity index is 2.20. The molecular formula is C13H14FN3OS. The summed E-state index contributed by atoms with van der Waals surface area (Å²) >= 11 is 1.53. The molecule has 1 fully saturated rings. The van der Waals surface area contributed by atoms with E-state index in [0.717, 1.165) is 10.6 Å². The Hall–Kier alpha value is -1.61. The number of carbonyl (C=O) groups is 1. The molecule has 1 aliphatic rings. The molecule has 0 N–H and O–H groups in total. The van der Waals surface area contributed by atoms with E-state index in [-0.39, 0.29) is 25.4 Å². The molecule has 0 bridgehead atoms. The average molecular weight is 279 g/mol.